The van der Waals surface area contributed by atoms with Crippen LogP contribution in [-0.4, -0.2) is 47.7 Å². The number of piperidine rings is 1. The maximum Gasteiger partial charge on any atom is 0.159 e. The maximum absolute atomic E-state index is 5.51. The van der Waals surface area contributed by atoms with Crippen molar-refractivity contribution in [1.29, 1.82) is 0 Å². The Hall–Kier alpha value is -1.52. The first kappa shape index (κ1) is 15.7. The van der Waals surface area contributed by atoms with E-state index in [2.05, 4.69) is 28.1 Å². The molecule has 1 atom stereocenters. The number of fused-ring (bicyclic) bond motifs is 1. The fourth-order valence-electron chi connectivity index (χ4n) is 4.41. The molecule has 2 aromatic heterocycles. The molecule has 0 N–H and O–H groups in total. The van der Waals surface area contributed by atoms with Crippen LogP contribution in [0.2, 0.25) is 0 Å². The van der Waals surface area contributed by atoms with Gasteiger partial charge in [0.2, 0.25) is 0 Å². The lowest BCUT2D eigenvalue weighted by atomic mass is 9.92. The van der Waals surface area contributed by atoms with Crippen LogP contribution in [0.5, 0.6) is 0 Å². The van der Waals surface area contributed by atoms with Crippen LogP contribution < -0.4 is 0 Å². The lowest BCUT2D eigenvalue weighted by molar-refractivity contribution is 0.151. The molecule has 4 nitrogen and oxygen atoms in total. The summed E-state index contributed by atoms with van der Waals surface area (Å²) in [7, 11) is 0. The smallest absolute Gasteiger partial charge is 0.159 e. The topological polar surface area (TPSA) is 38.2 Å². The van der Waals surface area contributed by atoms with Crippen molar-refractivity contribution in [3.8, 4) is 0 Å². The first-order valence-corrected chi connectivity index (χ1v) is 9.92. The van der Waals surface area contributed by atoms with Gasteiger partial charge in [-0.15, -0.1) is 0 Å². The molecule has 132 valence electrons. The van der Waals surface area contributed by atoms with Crippen molar-refractivity contribution in [2.24, 2.45) is 5.92 Å². The Morgan fingerprint density at radius 1 is 1.04 bits per heavy atom. The molecule has 0 aromatic carbocycles. The van der Waals surface area contributed by atoms with Crippen molar-refractivity contribution < 1.29 is 4.74 Å². The minimum atomic E-state index is 0.588. The molecule has 0 spiro atoms. The van der Waals surface area contributed by atoms with Crippen molar-refractivity contribution in [3.63, 3.8) is 0 Å². The van der Waals surface area contributed by atoms with Crippen LogP contribution in [0, 0.1) is 5.92 Å². The molecule has 1 unspecified atom stereocenters. The number of pyridine rings is 2. The van der Waals surface area contributed by atoms with Gasteiger partial charge >= 0.3 is 0 Å². The van der Waals surface area contributed by atoms with E-state index in [0.717, 1.165) is 30.7 Å². The van der Waals surface area contributed by atoms with Crippen LogP contribution in [0.4, 0.5) is 0 Å². The molecule has 0 bridgehead atoms. The van der Waals surface area contributed by atoms with E-state index >= 15 is 0 Å². The second kappa shape index (κ2) is 6.65. The molecule has 4 heteroatoms. The quantitative estimate of drug-likeness (QED) is 0.852. The van der Waals surface area contributed by atoms with Gasteiger partial charge in [-0.25, -0.2) is 9.97 Å². The van der Waals surface area contributed by atoms with Crippen molar-refractivity contribution in [2.45, 2.75) is 43.9 Å². The minimum Gasteiger partial charge on any atom is -0.381 e. The predicted octanol–water partition coefficient (Wildman–Crippen LogP) is 3.72. The van der Waals surface area contributed by atoms with E-state index in [-0.39, 0.29) is 0 Å². The summed E-state index contributed by atoms with van der Waals surface area (Å²) >= 11 is 0. The van der Waals surface area contributed by atoms with Crippen molar-refractivity contribution in [2.75, 3.05) is 32.8 Å². The average Bonchev–Trinajstić information content (AvgIpc) is 3.39. The standard InChI is InChI=1S/C21H27N3O/c1-2-16(1)19-11-18-3-4-20(23-21(18)22-12-19)17-5-8-24(9-6-17)13-15-7-10-25-14-15/h3-4,11-12,15-17H,1-2,5-10,13-14H2. The molecule has 1 saturated carbocycles. The number of nitrogens with zero attached hydrogens (tertiary/aromatic N) is 3. The highest BCUT2D eigenvalue weighted by molar-refractivity contribution is 5.75. The Morgan fingerprint density at radius 3 is 2.68 bits per heavy atom. The number of likely N-dealkylation sites (tertiary alicyclic amines) is 1. The van der Waals surface area contributed by atoms with Gasteiger partial charge in [0.15, 0.2) is 5.65 Å². The zero-order valence-corrected chi connectivity index (χ0v) is 14.9. The molecule has 2 aromatic rings. The van der Waals surface area contributed by atoms with E-state index in [0.29, 0.717) is 5.92 Å². The molecule has 0 amide bonds. The molecular formula is C21H27N3O. The fourth-order valence-corrected chi connectivity index (χ4v) is 4.41. The van der Waals surface area contributed by atoms with Gasteiger partial charge in [0.05, 0.1) is 6.61 Å². The summed E-state index contributed by atoms with van der Waals surface area (Å²) in [4.78, 5) is 12.2. The second-order valence-corrected chi connectivity index (χ2v) is 8.13. The number of aromatic nitrogens is 2. The fraction of sp³-hybridized carbons (Fsp3) is 0.619. The molecule has 2 saturated heterocycles. The first-order valence-electron chi connectivity index (χ1n) is 9.92. The second-order valence-electron chi connectivity index (χ2n) is 8.13. The molecule has 5 rings (SSSR count). The summed E-state index contributed by atoms with van der Waals surface area (Å²) in [6.45, 7) is 5.51. The maximum atomic E-state index is 5.51. The van der Waals surface area contributed by atoms with Gasteiger partial charge in [-0.1, -0.05) is 0 Å². The SMILES string of the molecule is c1nc2nc(C3CCN(CC4CCOC4)CC3)ccc2cc1C1CC1. The van der Waals surface area contributed by atoms with E-state index < -0.39 is 0 Å². The highest BCUT2D eigenvalue weighted by Gasteiger charge is 2.26. The first-order chi connectivity index (χ1) is 12.3. The van der Waals surface area contributed by atoms with E-state index in [1.165, 1.54) is 68.4 Å². The summed E-state index contributed by atoms with van der Waals surface area (Å²) in [6, 6.07) is 6.77. The third kappa shape index (κ3) is 3.42. The molecule has 1 aliphatic carbocycles. The van der Waals surface area contributed by atoms with Crippen LogP contribution in [-0.2, 0) is 4.74 Å². The monoisotopic (exact) mass is 337 g/mol. The molecule has 3 aliphatic rings. The Balaban J connectivity index is 1.25. The van der Waals surface area contributed by atoms with Crippen LogP contribution >= 0.6 is 0 Å². The molecular weight excluding hydrogens is 310 g/mol. The summed E-state index contributed by atoms with van der Waals surface area (Å²) in [5.74, 6) is 2.09. The van der Waals surface area contributed by atoms with E-state index in [1.807, 2.05) is 6.20 Å². The van der Waals surface area contributed by atoms with Gasteiger partial charge in [-0.2, -0.15) is 0 Å². The van der Waals surface area contributed by atoms with Crippen molar-refractivity contribution in [3.05, 3.63) is 35.7 Å². The van der Waals surface area contributed by atoms with Gasteiger partial charge < -0.3 is 9.64 Å². The zero-order chi connectivity index (χ0) is 16.6. The van der Waals surface area contributed by atoms with Crippen molar-refractivity contribution >= 4 is 11.0 Å². The number of hydrogen-bond donors (Lipinski definition) is 0. The Bertz CT molecular complexity index is 744. The predicted molar refractivity (Wildman–Crippen MR) is 98.9 cm³/mol. The lowest BCUT2D eigenvalue weighted by Crippen LogP contribution is -2.36. The van der Waals surface area contributed by atoms with Gasteiger partial charge in [0, 0.05) is 36.3 Å². The Kier molecular flexibility index (Phi) is 4.18. The van der Waals surface area contributed by atoms with Crippen LogP contribution in [0.25, 0.3) is 11.0 Å². The summed E-state index contributed by atoms with van der Waals surface area (Å²) in [5.41, 5.74) is 3.56. The summed E-state index contributed by atoms with van der Waals surface area (Å²) in [6.07, 6.45) is 8.36. The highest BCUT2D eigenvalue weighted by Crippen LogP contribution is 2.40. The highest BCUT2D eigenvalue weighted by atomic mass is 16.5. The normalized spacial score (nSPS) is 25.7. The largest absolute Gasteiger partial charge is 0.381 e. The van der Waals surface area contributed by atoms with E-state index in [9.17, 15) is 0 Å². The van der Waals surface area contributed by atoms with Crippen LogP contribution in [0.3, 0.4) is 0 Å². The Morgan fingerprint density at radius 2 is 1.92 bits per heavy atom. The summed E-state index contributed by atoms with van der Waals surface area (Å²) in [5, 5.41) is 1.20. The molecule has 2 aliphatic heterocycles. The zero-order valence-electron chi connectivity index (χ0n) is 14.9. The molecule has 3 fully saturated rings. The number of hydrogen-bond acceptors (Lipinski definition) is 4. The third-order valence-electron chi connectivity index (χ3n) is 6.18. The van der Waals surface area contributed by atoms with Crippen LogP contribution in [0.15, 0.2) is 24.4 Å². The van der Waals surface area contributed by atoms with Gasteiger partial charge in [-0.05, 0) is 80.8 Å². The summed E-state index contributed by atoms with van der Waals surface area (Å²) < 4.78 is 5.51. The number of rotatable bonds is 4. The van der Waals surface area contributed by atoms with Gasteiger partial charge in [0.25, 0.3) is 0 Å². The average molecular weight is 337 g/mol. The molecule has 0 radical (unpaired) electrons. The van der Waals surface area contributed by atoms with Gasteiger partial charge in [-0.3, -0.25) is 0 Å². The van der Waals surface area contributed by atoms with Crippen molar-refractivity contribution in [1.82, 2.24) is 14.9 Å². The minimum absolute atomic E-state index is 0.588. The Labute approximate surface area is 149 Å². The van der Waals surface area contributed by atoms with E-state index in [1.54, 1.807) is 0 Å². The molecule has 4 heterocycles. The number of ether oxygens (including phenoxy) is 1. The third-order valence-corrected chi connectivity index (χ3v) is 6.18. The van der Waals surface area contributed by atoms with E-state index in [4.69, 9.17) is 9.72 Å². The van der Waals surface area contributed by atoms with Crippen LogP contribution in [0.1, 0.15) is 55.2 Å². The van der Waals surface area contributed by atoms with Gasteiger partial charge in [0.1, 0.15) is 0 Å². The molecule has 25 heavy (non-hydrogen) atoms. The lowest BCUT2D eigenvalue weighted by Gasteiger charge is -2.33.